The maximum atomic E-state index is 12.1. The third-order valence-corrected chi connectivity index (χ3v) is 6.19. The van der Waals surface area contributed by atoms with Gasteiger partial charge < -0.3 is 0 Å². The van der Waals surface area contributed by atoms with Gasteiger partial charge in [-0.3, -0.25) is 0 Å². The lowest BCUT2D eigenvalue weighted by atomic mass is 10.1. The zero-order valence-electron chi connectivity index (χ0n) is 11.0. The van der Waals surface area contributed by atoms with Crippen molar-refractivity contribution in [2.75, 3.05) is 0 Å². The second-order valence-electron chi connectivity index (χ2n) is 4.61. The van der Waals surface area contributed by atoms with Gasteiger partial charge in [0.15, 0.2) is 0 Å². The zero-order chi connectivity index (χ0) is 14.6. The van der Waals surface area contributed by atoms with Crippen LogP contribution >= 0.6 is 22.9 Å². The molecule has 0 amide bonds. The van der Waals surface area contributed by atoms with Gasteiger partial charge in [-0.05, 0) is 37.5 Å². The van der Waals surface area contributed by atoms with Gasteiger partial charge in [-0.15, -0.1) is 11.3 Å². The van der Waals surface area contributed by atoms with Gasteiger partial charge in [0.25, 0.3) is 0 Å². The highest BCUT2D eigenvalue weighted by atomic mass is 35.5. The van der Waals surface area contributed by atoms with Crippen molar-refractivity contribution in [2.45, 2.75) is 30.0 Å². The number of thiophene rings is 1. The highest BCUT2D eigenvalue weighted by Crippen LogP contribution is 2.25. The van der Waals surface area contributed by atoms with Crippen molar-refractivity contribution in [3.05, 3.63) is 52.4 Å². The summed E-state index contributed by atoms with van der Waals surface area (Å²) < 4.78 is 27.6. The van der Waals surface area contributed by atoms with E-state index in [1.165, 1.54) is 11.6 Å². The summed E-state index contributed by atoms with van der Waals surface area (Å²) in [4.78, 5) is 0. The first-order chi connectivity index (χ1) is 9.47. The van der Waals surface area contributed by atoms with E-state index in [0.29, 0.717) is 4.34 Å². The summed E-state index contributed by atoms with van der Waals surface area (Å²) in [6.45, 7) is 1.87. The molecule has 0 spiro atoms. The van der Waals surface area contributed by atoms with E-state index in [0.717, 1.165) is 24.2 Å². The summed E-state index contributed by atoms with van der Waals surface area (Å²) in [5.41, 5.74) is 1.21. The number of halogens is 1. The third kappa shape index (κ3) is 4.31. The minimum Gasteiger partial charge on any atom is -0.208 e. The molecule has 0 aliphatic carbocycles. The highest BCUT2D eigenvalue weighted by Gasteiger charge is 2.19. The van der Waals surface area contributed by atoms with E-state index in [9.17, 15) is 8.42 Å². The standard InChI is InChI=1S/C14H16ClNO2S2/c1-11(7-8-12-5-3-2-4-6-12)16-20(17,18)14-10-9-13(15)19-14/h2-6,9-11,16H,7-8H2,1H3. The molecule has 6 heteroatoms. The molecule has 1 aromatic carbocycles. The van der Waals surface area contributed by atoms with E-state index >= 15 is 0 Å². The Hall–Kier alpha value is -0.880. The van der Waals surface area contributed by atoms with Crippen LogP contribution in [0, 0.1) is 0 Å². The lowest BCUT2D eigenvalue weighted by molar-refractivity contribution is 0.548. The van der Waals surface area contributed by atoms with Crippen molar-refractivity contribution in [3.63, 3.8) is 0 Å². The predicted molar refractivity (Wildman–Crippen MR) is 83.9 cm³/mol. The molecule has 1 N–H and O–H groups in total. The predicted octanol–water partition coefficient (Wildman–Crippen LogP) is 3.70. The van der Waals surface area contributed by atoms with E-state index in [1.54, 1.807) is 6.07 Å². The summed E-state index contributed by atoms with van der Waals surface area (Å²) in [5, 5.41) is 0. The number of rotatable bonds is 6. The minimum absolute atomic E-state index is 0.124. The SMILES string of the molecule is CC(CCc1ccccc1)NS(=O)(=O)c1ccc(Cl)s1. The molecule has 2 aromatic rings. The van der Waals surface area contributed by atoms with Crippen LogP contribution in [0.5, 0.6) is 0 Å². The second-order valence-corrected chi connectivity index (χ2v) is 8.26. The molecule has 108 valence electrons. The van der Waals surface area contributed by atoms with Crippen LogP contribution in [0.1, 0.15) is 18.9 Å². The number of hydrogen-bond acceptors (Lipinski definition) is 3. The summed E-state index contributed by atoms with van der Waals surface area (Å²) in [6.07, 6.45) is 1.60. The number of sulfonamides is 1. The van der Waals surface area contributed by atoms with Crippen molar-refractivity contribution in [3.8, 4) is 0 Å². The molecule has 1 heterocycles. The average Bonchev–Trinajstić information content (AvgIpc) is 2.85. The summed E-state index contributed by atoms with van der Waals surface area (Å²) in [6, 6.07) is 13.0. The maximum absolute atomic E-state index is 12.1. The Morgan fingerprint density at radius 2 is 1.90 bits per heavy atom. The van der Waals surface area contributed by atoms with Crippen LogP contribution in [-0.2, 0) is 16.4 Å². The molecule has 0 aliphatic rings. The summed E-state index contributed by atoms with van der Waals surface area (Å²) >= 11 is 6.84. The molecule has 3 nitrogen and oxygen atoms in total. The van der Waals surface area contributed by atoms with Gasteiger partial charge >= 0.3 is 0 Å². The molecule has 0 radical (unpaired) electrons. The van der Waals surface area contributed by atoms with E-state index in [-0.39, 0.29) is 10.3 Å². The van der Waals surface area contributed by atoms with Gasteiger partial charge in [0.05, 0.1) is 4.34 Å². The number of nitrogens with one attached hydrogen (secondary N) is 1. The molecule has 0 fully saturated rings. The minimum atomic E-state index is -3.46. The molecule has 0 bridgehead atoms. The lowest BCUT2D eigenvalue weighted by Crippen LogP contribution is -2.32. The Labute approximate surface area is 128 Å². The molecule has 20 heavy (non-hydrogen) atoms. The largest absolute Gasteiger partial charge is 0.250 e. The molecule has 0 saturated heterocycles. The van der Waals surface area contributed by atoms with Gasteiger partial charge in [-0.2, -0.15) is 0 Å². The molecular formula is C14H16ClNO2S2. The molecule has 0 aliphatic heterocycles. The van der Waals surface area contributed by atoms with E-state index < -0.39 is 10.0 Å². The fourth-order valence-corrected chi connectivity index (χ4v) is 4.63. The second kappa shape index (κ2) is 6.72. The Kier molecular flexibility index (Phi) is 5.21. The van der Waals surface area contributed by atoms with Crippen LogP contribution in [-0.4, -0.2) is 14.5 Å². The lowest BCUT2D eigenvalue weighted by Gasteiger charge is -2.13. The number of hydrogen-bond donors (Lipinski definition) is 1. The van der Waals surface area contributed by atoms with Crippen LogP contribution in [0.15, 0.2) is 46.7 Å². The molecular weight excluding hydrogens is 314 g/mol. The fraction of sp³-hybridized carbons (Fsp3) is 0.286. The highest BCUT2D eigenvalue weighted by molar-refractivity contribution is 7.91. The van der Waals surface area contributed by atoms with Gasteiger partial charge in [-0.25, -0.2) is 13.1 Å². The fourth-order valence-electron chi connectivity index (χ4n) is 1.85. The Balaban J connectivity index is 1.92. The van der Waals surface area contributed by atoms with E-state index in [2.05, 4.69) is 4.72 Å². The van der Waals surface area contributed by atoms with Gasteiger partial charge in [0.1, 0.15) is 4.21 Å². The smallest absolute Gasteiger partial charge is 0.208 e. The van der Waals surface area contributed by atoms with Crippen molar-refractivity contribution in [1.82, 2.24) is 4.72 Å². The Bertz CT molecular complexity index is 653. The monoisotopic (exact) mass is 329 g/mol. The van der Waals surface area contributed by atoms with Crippen molar-refractivity contribution in [2.24, 2.45) is 0 Å². The van der Waals surface area contributed by atoms with Crippen molar-refractivity contribution < 1.29 is 8.42 Å². The summed E-state index contributed by atoms with van der Waals surface area (Å²) in [5.74, 6) is 0. The third-order valence-electron chi connectivity index (χ3n) is 2.88. The van der Waals surface area contributed by atoms with Crippen LogP contribution in [0.3, 0.4) is 0 Å². The van der Waals surface area contributed by atoms with Gasteiger partial charge in [0, 0.05) is 6.04 Å². The normalized spacial score (nSPS) is 13.3. The number of benzene rings is 1. The van der Waals surface area contributed by atoms with Crippen molar-refractivity contribution in [1.29, 1.82) is 0 Å². The molecule has 1 atom stereocenters. The van der Waals surface area contributed by atoms with Gasteiger partial charge in [0.2, 0.25) is 10.0 Å². The maximum Gasteiger partial charge on any atom is 0.250 e. The molecule has 1 aromatic heterocycles. The molecule has 2 rings (SSSR count). The van der Waals surface area contributed by atoms with E-state index in [1.807, 2.05) is 37.3 Å². The van der Waals surface area contributed by atoms with Crippen LogP contribution in [0.25, 0.3) is 0 Å². The first-order valence-electron chi connectivity index (χ1n) is 6.29. The van der Waals surface area contributed by atoms with Crippen molar-refractivity contribution >= 4 is 33.0 Å². The Morgan fingerprint density at radius 3 is 2.50 bits per heavy atom. The Morgan fingerprint density at radius 1 is 1.20 bits per heavy atom. The van der Waals surface area contributed by atoms with Crippen LogP contribution in [0.2, 0.25) is 4.34 Å². The van der Waals surface area contributed by atoms with Crippen LogP contribution in [0.4, 0.5) is 0 Å². The van der Waals surface area contributed by atoms with Gasteiger partial charge in [-0.1, -0.05) is 41.9 Å². The summed E-state index contributed by atoms with van der Waals surface area (Å²) in [7, 11) is -3.46. The zero-order valence-corrected chi connectivity index (χ0v) is 13.4. The molecule has 1 unspecified atom stereocenters. The quantitative estimate of drug-likeness (QED) is 0.878. The topological polar surface area (TPSA) is 46.2 Å². The first-order valence-corrected chi connectivity index (χ1v) is 8.97. The first kappa shape index (κ1) is 15.5. The van der Waals surface area contributed by atoms with E-state index in [4.69, 9.17) is 11.6 Å². The van der Waals surface area contributed by atoms with Crippen LogP contribution < -0.4 is 4.72 Å². The average molecular weight is 330 g/mol. The number of aryl methyl sites for hydroxylation is 1. The molecule has 0 saturated carbocycles.